The summed E-state index contributed by atoms with van der Waals surface area (Å²) in [6.45, 7) is -0.489. The number of benzene rings is 2. The van der Waals surface area contributed by atoms with E-state index >= 15 is 0 Å². The molecule has 0 radical (unpaired) electrons. The monoisotopic (exact) mass is 307 g/mol. The SMILES string of the molecule is N#Cc1ccc(Cl)cc1OCC(=O)c1ccc(F)cc1F. The van der Waals surface area contributed by atoms with E-state index in [9.17, 15) is 13.6 Å². The smallest absolute Gasteiger partial charge is 0.203 e. The summed E-state index contributed by atoms with van der Waals surface area (Å²) in [5.74, 6) is -2.28. The normalized spacial score (nSPS) is 10.0. The minimum atomic E-state index is -0.963. The van der Waals surface area contributed by atoms with Crippen molar-refractivity contribution < 1.29 is 18.3 Å². The molecule has 21 heavy (non-hydrogen) atoms. The molecule has 2 aromatic carbocycles. The molecule has 6 heteroatoms. The molecule has 0 amide bonds. The van der Waals surface area contributed by atoms with E-state index in [2.05, 4.69) is 0 Å². The van der Waals surface area contributed by atoms with E-state index in [1.165, 1.54) is 18.2 Å². The van der Waals surface area contributed by atoms with Gasteiger partial charge < -0.3 is 4.74 Å². The third kappa shape index (κ3) is 3.56. The first-order valence-electron chi connectivity index (χ1n) is 5.82. The molecule has 0 aromatic heterocycles. The molecule has 0 bridgehead atoms. The molecule has 0 aliphatic rings. The molecule has 0 N–H and O–H groups in total. The van der Waals surface area contributed by atoms with Gasteiger partial charge in [0.1, 0.15) is 23.5 Å². The van der Waals surface area contributed by atoms with Crippen molar-refractivity contribution >= 4 is 17.4 Å². The predicted molar refractivity (Wildman–Crippen MR) is 72.4 cm³/mol. The molecule has 0 heterocycles. The minimum Gasteiger partial charge on any atom is -0.484 e. The Balaban J connectivity index is 2.15. The number of nitrogens with zero attached hydrogens (tertiary/aromatic N) is 1. The van der Waals surface area contributed by atoms with Crippen molar-refractivity contribution in [3.8, 4) is 11.8 Å². The first kappa shape index (κ1) is 14.9. The second kappa shape index (κ2) is 6.33. The molecule has 0 aliphatic carbocycles. The highest BCUT2D eigenvalue weighted by Crippen LogP contribution is 2.23. The number of carbonyl (C=O) groups is 1. The Bertz CT molecular complexity index is 741. The van der Waals surface area contributed by atoms with Crippen molar-refractivity contribution in [3.63, 3.8) is 0 Å². The van der Waals surface area contributed by atoms with Gasteiger partial charge in [0.25, 0.3) is 0 Å². The van der Waals surface area contributed by atoms with Crippen LogP contribution in [-0.2, 0) is 0 Å². The lowest BCUT2D eigenvalue weighted by Gasteiger charge is -2.08. The number of ketones is 1. The van der Waals surface area contributed by atoms with Crippen molar-refractivity contribution in [1.82, 2.24) is 0 Å². The zero-order valence-corrected chi connectivity index (χ0v) is 11.3. The number of carbonyl (C=O) groups excluding carboxylic acids is 1. The summed E-state index contributed by atoms with van der Waals surface area (Å²) in [6.07, 6.45) is 0. The number of halogens is 3. The Morgan fingerprint density at radius 3 is 2.67 bits per heavy atom. The van der Waals surface area contributed by atoms with Crippen LogP contribution in [0.25, 0.3) is 0 Å². The molecule has 0 saturated heterocycles. The average molecular weight is 308 g/mol. The number of hydrogen-bond acceptors (Lipinski definition) is 3. The average Bonchev–Trinajstić information content (AvgIpc) is 2.45. The van der Waals surface area contributed by atoms with Crippen LogP contribution in [0.1, 0.15) is 15.9 Å². The lowest BCUT2D eigenvalue weighted by molar-refractivity contribution is 0.0917. The second-order valence-corrected chi connectivity index (χ2v) is 4.52. The maximum Gasteiger partial charge on any atom is 0.203 e. The summed E-state index contributed by atoms with van der Waals surface area (Å²) in [7, 11) is 0. The van der Waals surface area contributed by atoms with Gasteiger partial charge in [0, 0.05) is 17.2 Å². The molecule has 2 rings (SSSR count). The zero-order chi connectivity index (χ0) is 15.4. The molecular weight excluding hydrogens is 300 g/mol. The van der Waals surface area contributed by atoms with Crippen LogP contribution in [-0.4, -0.2) is 12.4 Å². The van der Waals surface area contributed by atoms with E-state index in [-0.39, 0.29) is 16.9 Å². The van der Waals surface area contributed by atoms with Gasteiger partial charge in [0.2, 0.25) is 5.78 Å². The number of nitriles is 1. The maximum absolute atomic E-state index is 13.4. The third-order valence-corrected chi connectivity index (χ3v) is 2.89. The van der Waals surface area contributed by atoms with Crippen molar-refractivity contribution in [2.75, 3.05) is 6.61 Å². The van der Waals surface area contributed by atoms with Gasteiger partial charge in [0.15, 0.2) is 6.61 Å². The summed E-state index contributed by atoms with van der Waals surface area (Å²) in [5.41, 5.74) is -0.0799. The van der Waals surface area contributed by atoms with Gasteiger partial charge in [0.05, 0.1) is 11.1 Å². The van der Waals surface area contributed by atoms with E-state index in [1.54, 1.807) is 0 Å². The van der Waals surface area contributed by atoms with Gasteiger partial charge in [-0.25, -0.2) is 8.78 Å². The molecular formula is C15H8ClF2NO2. The van der Waals surface area contributed by atoms with E-state index < -0.39 is 24.0 Å². The van der Waals surface area contributed by atoms with E-state index in [1.807, 2.05) is 6.07 Å². The highest BCUT2D eigenvalue weighted by Gasteiger charge is 2.14. The lowest BCUT2D eigenvalue weighted by atomic mass is 10.1. The minimum absolute atomic E-state index is 0.126. The second-order valence-electron chi connectivity index (χ2n) is 4.09. The fourth-order valence-corrected chi connectivity index (χ4v) is 1.81. The Hall–Kier alpha value is -2.45. The quantitative estimate of drug-likeness (QED) is 0.808. The number of hydrogen-bond donors (Lipinski definition) is 0. The summed E-state index contributed by atoms with van der Waals surface area (Å²) in [4.78, 5) is 11.8. The number of Topliss-reactive ketones (excluding diaryl/α,β-unsaturated/α-hetero) is 1. The molecule has 106 valence electrons. The first-order valence-corrected chi connectivity index (χ1v) is 6.20. The highest BCUT2D eigenvalue weighted by atomic mass is 35.5. The van der Waals surface area contributed by atoms with E-state index in [0.717, 1.165) is 12.1 Å². The molecule has 3 nitrogen and oxygen atoms in total. The lowest BCUT2D eigenvalue weighted by Crippen LogP contribution is -2.14. The van der Waals surface area contributed by atoms with Crippen molar-refractivity contribution in [2.24, 2.45) is 0 Å². The Morgan fingerprint density at radius 2 is 2.00 bits per heavy atom. The predicted octanol–water partition coefficient (Wildman–Crippen LogP) is 3.75. The van der Waals surface area contributed by atoms with Gasteiger partial charge in [-0.05, 0) is 24.3 Å². The van der Waals surface area contributed by atoms with Crippen LogP contribution in [0.2, 0.25) is 5.02 Å². The highest BCUT2D eigenvalue weighted by molar-refractivity contribution is 6.30. The van der Waals surface area contributed by atoms with Gasteiger partial charge in [-0.15, -0.1) is 0 Å². The van der Waals surface area contributed by atoms with E-state index in [4.69, 9.17) is 21.6 Å². The van der Waals surface area contributed by atoms with Crippen LogP contribution in [0.5, 0.6) is 5.75 Å². The number of ether oxygens (including phenoxy) is 1. The fraction of sp³-hybridized carbons (Fsp3) is 0.0667. The maximum atomic E-state index is 13.4. The van der Waals surface area contributed by atoms with Crippen LogP contribution >= 0.6 is 11.6 Å². The summed E-state index contributed by atoms with van der Waals surface area (Å²) in [5, 5.41) is 9.24. The van der Waals surface area contributed by atoms with Crippen LogP contribution in [0.3, 0.4) is 0 Å². The topological polar surface area (TPSA) is 50.1 Å². The molecule has 0 aliphatic heterocycles. The summed E-state index contributed by atoms with van der Waals surface area (Å²) >= 11 is 5.77. The summed E-state index contributed by atoms with van der Waals surface area (Å²) < 4.78 is 31.4. The largest absolute Gasteiger partial charge is 0.484 e. The van der Waals surface area contributed by atoms with Gasteiger partial charge in [-0.2, -0.15) is 5.26 Å². The van der Waals surface area contributed by atoms with Crippen LogP contribution in [0, 0.1) is 23.0 Å². The molecule has 0 atom stereocenters. The van der Waals surface area contributed by atoms with Crippen LogP contribution < -0.4 is 4.74 Å². The fourth-order valence-electron chi connectivity index (χ4n) is 1.64. The molecule has 2 aromatic rings. The molecule has 0 spiro atoms. The Labute approximate surface area is 124 Å². The third-order valence-electron chi connectivity index (χ3n) is 2.65. The van der Waals surface area contributed by atoms with Crippen LogP contribution in [0.4, 0.5) is 8.78 Å². The standard InChI is InChI=1S/C15H8ClF2NO2/c16-10-2-1-9(7-19)15(5-10)21-8-14(20)12-4-3-11(17)6-13(12)18/h1-6H,8H2. The Morgan fingerprint density at radius 1 is 1.24 bits per heavy atom. The Kier molecular flexibility index (Phi) is 4.51. The van der Waals surface area contributed by atoms with Crippen molar-refractivity contribution in [1.29, 1.82) is 5.26 Å². The van der Waals surface area contributed by atoms with Crippen LogP contribution in [0.15, 0.2) is 36.4 Å². The molecule has 0 unspecified atom stereocenters. The number of rotatable bonds is 4. The molecule has 0 saturated carbocycles. The molecule has 0 fully saturated rings. The summed E-state index contributed by atoms with van der Waals surface area (Å²) in [6, 6.07) is 8.87. The first-order chi connectivity index (χ1) is 10.0. The van der Waals surface area contributed by atoms with Crippen molar-refractivity contribution in [2.45, 2.75) is 0 Å². The van der Waals surface area contributed by atoms with Gasteiger partial charge >= 0.3 is 0 Å². The zero-order valence-electron chi connectivity index (χ0n) is 10.6. The van der Waals surface area contributed by atoms with E-state index in [0.29, 0.717) is 11.1 Å². The van der Waals surface area contributed by atoms with Gasteiger partial charge in [-0.3, -0.25) is 4.79 Å². The van der Waals surface area contributed by atoms with Gasteiger partial charge in [-0.1, -0.05) is 11.6 Å². The van der Waals surface area contributed by atoms with Crippen molar-refractivity contribution in [3.05, 3.63) is 64.2 Å².